The van der Waals surface area contributed by atoms with Gasteiger partial charge in [-0.15, -0.1) is 0 Å². The molecule has 0 fully saturated rings. The molecule has 0 spiro atoms. The minimum absolute atomic E-state index is 0.159. The summed E-state index contributed by atoms with van der Waals surface area (Å²) >= 11 is 0. The number of hydrogen-bond donors (Lipinski definition) is 1. The minimum atomic E-state index is -4.40. The molecule has 8 heteroatoms. The molecule has 1 N–H and O–H groups in total. The van der Waals surface area contributed by atoms with Gasteiger partial charge in [-0.3, -0.25) is 9.97 Å². The molecule has 0 aliphatic heterocycles. The first-order valence-corrected chi connectivity index (χ1v) is 9.24. The van der Waals surface area contributed by atoms with Gasteiger partial charge >= 0.3 is 6.18 Å². The third-order valence-electron chi connectivity index (χ3n) is 4.92. The van der Waals surface area contributed by atoms with Crippen LogP contribution in [-0.2, 0) is 25.4 Å². The lowest BCUT2D eigenvalue weighted by atomic mass is 10.0. The number of aromatic nitrogens is 4. The molecule has 0 saturated carbocycles. The van der Waals surface area contributed by atoms with Crippen LogP contribution in [0.25, 0.3) is 11.0 Å². The first kappa shape index (κ1) is 19.6. The van der Waals surface area contributed by atoms with Gasteiger partial charge in [0.2, 0.25) is 0 Å². The molecule has 0 radical (unpaired) electrons. The van der Waals surface area contributed by atoms with Gasteiger partial charge in [-0.2, -0.15) is 18.4 Å². The number of halogens is 3. The summed E-state index contributed by atoms with van der Waals surface area (Å²) in [6.07, 6.45) is 4.29. The van der Waals surface area contributed by atoms with Crippen LogP contribution in [0.2, 0.25) is 0 Å². The summed E-state index contributed by atoms with van der Waals surface area (Å²) < 4.78 is 39.3. The maximum Gasteiger partial charge on any atom is 0.416 e. The minimum Gasteiger partial charge on any atom is -0.346 e. The summed E-state index contributed by atoms with van der Waals surface area (Å²) in [5.41, 5.74) is 3.29. The third kappa shape index (κ3) is 4.01. The number of alkyl halides is 3. The van der Waals surface area contributed by atoms with E-state index in [2.05, 4.69) is 26.0 Å². The highest BCUT2D eigenvalue weighted by atomic mass is 19.4. The largest absolute Gasteiger partial charge is 0.416 e. The van der Waals surface area contributed by atoms with E-state index in [-0.39, 0.29) is 12.0 Å². The fraction of sp³-hybridized carbons (Fsp3) is 0.182. The Bertz CT molecular complexity index is 1220. The zero-order valence-corrected chi connectivity index (χ0v) is 15.7. The number of rotatable bonds is 5. The van der Waals surface area contributed by atoms with E-state index in [0.717, 1.165) is 28.8 Å². The second-order valence-electron chi connectivity index (χ2n) is 6.87. The van der Waals surface area contributed by atoms with Gasteiger partial charge in [-0.25, -0.2) is 4.98 Å². The number of aromatic amines is 1. The molecular formula is C22H16F3N5. The zero-order chi connectivity index (χ0) is 21.1. The van der Waals surface area contributed by atoms with Gasteiger partial charge in [0.05, 0.1) is 17.2 Å². The quantitative estimate of drug-likeness (QED) is 0.524. The lowest BCUT2D eigenvalue weighted by Gasteiger charge is -2.11. The Labute approximate surface area is 170 Å². The van der Waals surface area contributed by atoms with Crippen LogP contribution in [0.15, 0.2) is 55.2 Å². The van der Waals surface area contributed by atoms with Crippen molar-refractivity contribution in [3.8, 4) is 6.07 Å². The van der Waals surface area contributed by atoms with E-state index in [0.29, 0.717) is 29.7 Å². The van der Waals surface area contributed by atoms with Gasteiger partial charge in [0, 0.05) is 48.5 Å². The number of fused-ring (bicyclic) bond motifs is 1. The van der Waals surface area contributed by atoms with Crippen molar-refractivity contribution in [3.63, 3.8) is 0 Å². The lowest BCUT2D eigenvalue weighted by Crippen LogP contribution is -2.10. The number of hydrogen-bond acceptors (Lipinski definition) is 4. The molecule has 4 heterocycles. The van der Waals surface area contributed by atoms with E-state index in [1.807, 2.05) is 18.3 Å². The van der Waals surface area contributed by atoms with Crippen LogP contribution in [0.5, 0.6) is 0 Å². The number of nitrogens with zero attached hydrogens (tertiary/aromatic N) is 4. The Morgan fingerprint density at radius 3 is 2.57 bits per heavy atom. The normalized spacial score (nSPS) is 11.5. The van der Waals surface area contributed by atoms with Gasteiger partial charge in [-0.05, 0) is 47.7 Å². The molecule has 0 bridgehead atoms. The average molecular weight is 407 g/mol. The van der Waals surface area contributed by atoms with Crippen molar-refractivity contribution in [3.05, 3.63) is 88.8 Å². The molecule has 4 aromatic heterocycles. The molecule has 0 unspecified atom stereocenters. The van der Waals surface area contributed by atoms with Crippen molar-refractivity contribution in [1.29, 1.82) is 5.26 Å². The molecule has 5 nitrogen and oxygen atoms in total. The number of nitriles is 1. The lowest BCUT2D eigenvalue weighted by molar-refractivity contribution is -0.138. The Hall–Kier alpha value is -3.73. The van der Waals surface area contributed by atoms with Crippen LogP contribution in [0.1, 0.15) is 33.5 Å². The fourth-order valence-electron chi connectivity index (χ4n) is 3.45. The summed E-state index contributed by atoms with van der Waals surface area (Å²) in [6, 6.07) is 8.57. The highest BCUT2D eigenvalue weighted by Crippen LogP contribution is 2.32. The van der Waals surface area contributed by atoms with Crippen LogP contribution in [-0.4, -0.2) is 19.9 Å². The smallest absolute Gasteiger partial charge is 0.346 e. The Morgan fingerprint density at radius 1 is 0.967 bits per heavy atom. The van der Waals surface area contributed by atoms with Crippen molar-refractivity contribution in [2.45, 2.75) is 25.4 Å². The second kappa shape index (κ2) is 7.95. The topological polar surface area (TPSA) is 78.2 Å². The zero-order valence-electron chi connectivity index (χ0n) is 15.7. The summed E-state index contributed by atoms with van der Waals surface area (Å²) in [6.45, 7) is 0. The van der Waals surface area contributed by atoms with E-state index in [1.165, 1.54) is 6.20 Å². The number of pyridine rings is 3. The number of H-pyrrole nitrogens is 1. The molecule has 0 aromatic carbocycles. The SMILES string of the molecule is N#Cc1ccnc2[nH]cc(Cc3ccc(CCc4cnccc4C(F)(F)F)nc3)c12. The molecule has 4 rings (SSSR count). The second-order valence-corrected chi connectivity index (χ2v) is 6.87. The van der Waals surface area contributed by atoms with E-state index >= 15 is 0 Å². The predicted octanol–water partition coefficient (Wildman–Crippen LogP) is 4.62. The maximum absolute atomic E-state index is 13.1. The fourth-order valence-corrected chi connectivity index (χ4v) is 3.45. The Balaban J connectivity index is 1.48. The van der Waals surface area contributed by atoms with Crippen molar-refractivity contribution in [2.75, 3.05) is 0 Å². The summed E-state index contributed by atoms with van der Waals surface area (Å²) in [5.74, 6) is 0. The van der Waals surface area contributed by atoms with Crippen LogP contribution < -0.4 is 0 Å². The van der Waals surface area contributed by atoms with Crippen LogP contribution >= 0.6 is 0 Å². The maximum atomic E-state index is 13.1. The Kier molecular flexibility index (Phi) is 5.19. The summed E-state index contributed by atoms with van der Waals surface area (Å²) in [4.78, 5) is 15.5. The van der Waals surface area contributed by atoms with Gasteiger partial charge in [-0.1, -0.05) is 6.07 Å². The van der Waals surface area contributed by atoms with E-state index in [4.69, 9.17) is 0 Å². The van der Waals surface area contributed by atoms with E-state index in [9.17, 15) is 18.4 Å². The van der Waals surface area contributed by atoms with Gasteiger partial charge in [0.1, 0.15) is 5.65 Å². The Morgan fingerprint density at radius 2 is 1.83 bits per heavy atom. The average Bonchev–Trinajstić information content (AvgIpc) is 3.16. The highest BCUT2D eigenvalue weighted by Gasteiger charge is 2.32. The number of aryl methyl sites for hydroxylation is 2. The summed E-state index contributed by atoms with van der Waals surface area (Å²) in [7, 11) is 0. The molecule has 4 aromatic rings. The standard InChI is InChI=1S/C22H16F3N5/c23-22(24,25)19-6-7-27-12-16(19)2-4-18-3-1-14(11-29-18)9-17-13-30-21-20(17)15(10-26)5-8-28-21/h1,3,5-8,11-13H,2,4,9H2,(H,28,30). The number of nitrogens with one attached hydrogen (secondary N) is 1. The van der Waals surface area contributed by atoms with Gasteiger partial charge in [0.15, 0.2) is 0 Å². The molecule has 0 amide bonds. The first-order valence-electron chi connectivity index (χ1n) is 9.24. The molecule has 0 aliphatic carbocycles. The third-order valence-corrected chi connectivity index (χ3v) is 4.92. The molecule has 0 aliphatic rings. The molecular weight excluding hydrogens is 391 g/mol. The van der Waals surface area contributed by atoms with Gasteiger partial charge < -0.3 is 4.98 Å². The van der Waals surface area contributed by atoms with Crippen molar-refractivity contribution >= 4 is 11.0 Å². The predicted molar refractivity (Wildman–Crippen MR) is 104 cm³/mol. The van der Waals surface area contributed by atoms with Crippen molar-refractivity contribution in [2.24, 2.45) is 0 Å². The highest BCUT2D eigenvalue weighted by molar-refractivity contribution is 5.86. The molecule has 30 heavy (non-hydrogen) atoms. The van der Waals surface area contributed by atoms with Gasteiger partial charge in [0.25, 0.3) is 0 Å². The summed E-state index contributed by atoms with van der Waals surface area (Å²) in [5, 5.41) is 10.1. The molecule has 0 saturated heterocycles. The van der Waals surface area contributed by atoms with Crippen LogP contribution in [0.4, 0.5) is 13.2 Å². The van der Waals surface area contributed by atoms with Crippen molar-refractivity contribution < 1.29 is 13.2 Å². The molecule has 150 valence electrons. The monoisotopic (exact) mass is 407 g/mol. The van der Waals surface area contributed by atoms with Crippen molar-refractivity contribution in [1.82, 2.24) is 19.9 Å². The van der Waals surface area contributed by atoms with E-state index in [1.54, 1.807) is 18.5 Å². The molecule has 0 atom stereocenters. The van der Waals surface area contributed by atoms with Crippen LogP contribution in [0.3, 0.4) is 0 Å². The first-order chi connectivity index (χ1) is 14.5. The van der Waals surface area contributed by atoms with E-state index < -0.39 is 11.7 Å². The van der Waals surface area contributed by atoms with Crippen LogP contribution in [0, 0.1) is 11.3 Å².